The first-order valence-corrected chi connectivity index (χ1v) is 8.97. The first kappa shape index (κ1) is 17.8. The summed E-state index contributed by atoms with van der Waals surface area (Å²) < 4.78 is 2.16. The topological polar surface area (TPSA) is 46.1 Å². The molecule has 1 aromatic heterocycles. The summed E-state index contributed by atoms with van der Waals surface area (Å²) in [4.78, 5) is 12.1. The van der Waals surface area contributed by atoms with Crippen LogP contribution in [0, 0.1) is 6.92 Å². The number of hydrogen-bond acceptors (Lipinski definition) is 1. The number of rotatable bonds is 6. The number of nitrogens with zero attached hydrogens (tertiary/aromatic N) is 1. The van der Waals surface area contributed by atoms with Crippen molar-refractivity contribution >= 4 is 11.7 Å². The number of amides is 2. The normalized spacial score (nSPS) is 10.5. The van der Waals surface area contributed by atoms with E-state index >= 15 is 0 Å². The maximum atomic E-state index is 12.1. The number of carbonyl (C=O) groups is 1. The molecule has 0 aliphatic heterocycles. The van der Waals surface area contributed by atoms with E-state index in [1.165, 1.54) is 16.7 Å². The summed E-state index contributed by atoms with van der Waals surface area (Å²) in [5.41, 5.74) is 5.63. The Morgan fingerprint density at radius 1 is 1.00 bits per heavy atom. The third kappa shape index (κ3) is 4.76. The van der Waals surface area contributed by atoms with E-state index in [9.17, 15) is 4.79 Å². The second kappa shape index (κ2) is 8.39. The van der Waals surface area contributed by atoms with Crippen LogP contribution in [0.1, 0.15) is 29.3 Å². The van der Waals surface area contributed by atoms with Gasteiger partial charge in [0.15, 0.2) is 0 Å². The summed E-state index contributed by atoms with van der Waals surface area (Å²) >= 11 is 0. The highest BCUT2D eigenvalue weighted by molar-refractivity contribution is 5.89. The Morgan fingerprint density at radius 3 is 2.54 bits per heavy atom. The van der Waals surface area contributed by atoms with Gasteiger partial charge in [-0.1, -0.05) is 48.9 Å². The standard InChI is InChI=1S/C22H25N3O/c1-3-18-9-11-20(12-10-18)24-22(26)23-15-21-8-5-13-25(21)16-19-7-4-6-17(2)14-19/h4-14H,3,15-16H2,1-2H3,(H2,23,24,26). The summed E-state index contributed by atoms with van der Waals surface area (Å²) in [7, 11) is 0. The van der Waals surface area contributed by atoms with Crippen molar-refractivity contribution < 1.29 is 4.79 Å². The van der Waals surface area contributed by atoms with Crippen molar-refractivity contribution in [2.75, 3.05) is 5.32 Å². The molecule has 2 N–H and O–H groups in total. The van der Waals surface area contributed by atoms with Crippen molar-refractivity contribution in [2.24, 2.45) is 0 Å². The summed E-state index contributed by atoms with van der Waals surface area (Å²) in [5.74, 6) is 0. The number of anilines is 1. The van der Waals surface area contributed by atoms with Gasteiger partial charge in [0, 0.05) is 24.1 Å². The summed E-state index contributed by atoms with van der Waals surface area (Å²) in [6.07, 6.45) is 3.03. The summed E-state index contributed by atoms with van der Waals surface area (Å²) in [6.45, 7) is 5.49. The third-order valence-electron chi connectivity index (χ3n) is 4.41. The molecule has 0 bridgehead atoms. The second-order valence-electron chi connectivity index (χ2n) is 6.47. The fraction of sp³-hybridized carbons (Fsp3) is 0.227. The lowest BCUT2D eigenvalue weighted by molar-refractivity contribution is 0.251. The number of urea groups is 1. The molecule has 0 saturated heterocycles. The van der Waals surface area contributed by atoms with Gasteiger partial charge in [-0.2, -0.15) is 0 Å². The van der Waals surface area contributed by atoms with Crippen molar-refractivity contribution in [3.8, 4) is 0 Å². The van der Waals surface area contributed by atoms with Crippen LogP contribution in [-0.2, 0) is 19.5 Å². The van der Waals surface area contributed by atoms with Crippen LogP contribution in [0.2, 0.25) is 0 Å². The van der Waals surface area contributed by atoms with E-state index in [0.717, 1.165) is 24.3 Å². The van der Waals surface area contributed by atoms with Crippen LogP contribution in [0.25, 0.3) is 0 Å². The number of aromatic nitrogens is 1. The van der Waals surface area contributed by atoms with Gasteiger partial charge >= 0.3 is 6.03 Å². The van der Waals surface area contributed by atoms with E-state index in [-0.39, 0.29) is 6.03 Å². The molecule has 0 unspecified atom stereocenters. The number of nitrogens with one attached hydrogen (secondary N) is 2. The van der Waals surface area contributed by atoms with E-state index in [2.05, 4.69) is 53.3 Å². The molecule has 2 amide bonds. The molecule has 0 saturated carbocycles. The molecule has 0 fully saturated rings. The molecule has 4 nitrogen and oxygen atoms in total. The van der Waals surface area contributed by atoms with Crippen LogP contribution < -0.4 is 10.6 Å². The van der Waals surface area contributed by atoms with E-state index in [1.807, 2.05) is 42.6 Å². The van der Waals surface area contributed by atoms with E-state index in [1.54, 1.807) is 0 Å². The number of aryl methyl sites for hydroxylation is 2. The van der Waals surface area contributed by atoms with Gasteiger partial charge in [-0.15, -0.1) is 0 Å². The van der Waals surface area contributed by atoms with Gasteiger partial charge in [0.1, 0.15) is 0 Å². The van der Waals surface area contributed by atoms with Gasteiger partial charge in [-0.3, -0.25) is 0 Å². The monoisotopic (exact) mass is 347 g/mol. The second-order valence-corrected chi connectivity index (χ2v) is 6.47. The lowest BCUT2D eigenvalue weighted by Crippen LogP contribution is -2.29. The Labute approximate surface area is 154 Å². The lowest BCUT2D eigenvalue weighted by atomic mass is 10.1. The quantitative estimate of drug-likeness (QED) is 0.665. The largest absolute Gasteiger partial charge is 0.345 e. The molecule has 0 radical (unpaired) electrons. The van der Waals surface area contributed by atoms with E-state index in [4.69, 9.17) is 0 Å². The van der Waals surface area contributed by atoms with Gasteiger partial charge in [0.2, 0.25) is 0 Å². The maximum absolute atomic E-state index is 12.1. The minimum absolute atomic E-state index is 0.197. The smallest absolute Gasteiger partial charge is 0.319 e. The van der Waals surface area contributed by atoms with Gasteiger partial charge in [-0.25, -0.2) is 4.79 Å². The highest BCUT2D eigenvalue weighted by Crippen LogP contribution is 2.11. The predicted octanol–water partition coefficient (Wildman–Crippen LogP) is 4.73. The molecule has 26 heavy (non-hydrogen) atoms. The molecule has 0 spiro atoms. The zero-order chi connectivity index (χ0) is 18.4. The Morgan fingerprint density at radius 2 is 1.81 bits per heavy atom. The van der Waals surface area contributed by atoms with Crippen LogP contribution in [0.3, 0.4) is 0 Å². The average molecular weight is 347 g/mol. The number of carbonyl (C=O) groups excluding carboxylic acids is 1. The molecule has 1 heterocycles. The SMILES string of the molecule is CCc1ccc(NC(=O)NCc2cccn2Cc2cccc(C)c2)cc1. The molecule has 0 aliphatic carbocycles. The Kier molecular flexibility index (Phi) is 5.74. The van der Waals surface area contributed by atoms with Crippen LogP contribution in [0.15, 0.2) is 66.9 Å². The minimum atomic E-state index is -0.197. The molecule has 134 valence electrons. The molecule has 3 rings (SSSR count). The zero-order valence-electron chi connectivity index (χ0n) is 15.3. The Balaban J connectivity index is 1.56. The number of hydrogen-bond donors (Lipinski definition) is 2. The fourth-order valence-corrected chi connectivity index (χ4v) is 2.94. The molecule has 0 atom stereocenters. The van der Waals surface area contributed by atoms with Crippen LogP contribution >= 0.6 is 0 Å². The summed E-state index contributed by atoms with van der Waals surface area (Å²) in [5, 5.41) is 5.80. The van der Waals surface area contributed by atoms with E-state index in [0.29, 0.717) is 6.54 Å². The summed E-state index contributed by atoms with van der Waals surface area (Å²) in [6, 6.07) is 20.2. The zero-order valence-corrected chi connectivity index (χ0v) is 15.3. The molecule has 3 aromatic rings. The average Bonchev–Trinajstić information content (AvgIpc) is 3.08. The lowest BCUT2D eigenvalue weighted by Gasteiger charge is -2.12. The molecule has 4 heteroatoms. The molecular formula is C22H25N3O. The van der Waals surface area contributed by atoms with Crippen molar-refractivity contribution in [3.63, 3.8) is 0 Å². The van der Waals surface area contributed by atoms with Crippen molar-refractivity contribution in [1.29, 1.82) is 0 Å². The van der Waals surface area contributed by atoms with Crippen molar-refractivity contribution in [3.05, 3.63) is 89.2 Å². The minimum Gasteiger partial charge on any atom is -0.345 e. The first-order chi connectivity index (χ1) is 12.6. The Bertz CT molecular complexity index is 865. The van der Waals surface area contributed by atoms with Crippen LogP contribution in [0.5, 0.6) is 0 Å². The fourth-order valence-electron chi connectivity index (χ4n) is 2.94. The van der Waals surface area contributed by atoms with Gasteiger partial charge in [0.25, 0.3) is 0 Å². The van der Waals surface area contributed by atoms with Crippen LogP contribution in [-0.4, -0.2) is 10.6 Å². The van der Waals surface area contributed by atoms with Crippen molar-refractivity contribution in [1.82, 2.24) is 9.88 Å². The highest BCUT2D eigenvalue weighted by atomic mass is 16.2. The van der Waals surface area contributed by atoms with Gasteiger partial charge in [0.05, 0.1) is 6.54 Å². The first-order valence-electron chi connectivity index (χ1n) is 8.97. The number of benzene rings is 2. The third-order valence-corrected chi connectivity index (χ3v) is 4.41. The molecule has 0 aliphatic rings. The molecule has 2 aromatic carbocycles. The Hall–Kier alpha value is -3.01. The van der Waals surface area contributed by atoms with Crippen LogP contribution in [0.4, 0.5) is 10.5 Å². The van der Waals surface area contributed by atoms with Crippen molar-refractivity contribution in [2.45, 2.75) is 33.4 Å². The predicted molar refractivity (Wildman–Crippen MR) is 106 cm³/mol. The van der Waals surface area contributed by atoms with Gasteiger partial charge < -0.3 is 15.2 Å². The van der Waals surface area contributed by atoms with Gasteiger partial charge in [-0.05, 0) is 48.7 Å². The van der Waals surface area contributed by atoms with E-state index < -0.39 is 0 Å². The maximum Gasteiger partial charge on any atom is 0.319 e. The molecular weight excluding hydrogens is 322 g/mol. The highest BCUT2D eigenvalue weighted by Gasteiger charge is 2.06.